The average molecular weight is 358 g/mol. The van der Waals surface area contributed by atoms with Gasteiger partial charge in [-0.25, -0.2) is 0 Å². The Kier molecular flexibility index (Phi) is 5.70. The van der Waals surface area contributed by atoms with E-state index in [0.29, 0.717) is 0 Å². The van der Waals surface area contributed by atoms with Crippen LogP contribution in [0.1, 0.15) is 11.1 Å². The normalized spacial score (nSPS) is 14.1. The predicted octanol–water partition coefficient (Wildman–Crippen LogP) is 4.73. The number of nitrogens with zero attached hydrogens (tertiary/aromatic N) is 2. The molecule has 0 radical (unpaired) electrons. The lowest BCUT2D eigenvalue weighted by Gasteiger charge is -2.30. The first kappa shape index (κ1) is 17.6. The molecule has 4 rings (SSSR count). The maximum atomic E-state index is 5.47. The lowest BCUT2D eigenvalue weighted by Crippen LogP contribution is -2.36. The molecule has 0 aromatic heterocycles. The minimum absolute atomic E-state index is 0.815. The molecule has 0 unspecified atom stereocenters. The zero-order chi connectivity index (χ0) is 18.3. The Balaban J connectivity index is 1.55. The molecule has 0 atom stereocenters. The Morgan fingerprint density at radius 3 is 1.70 bits per heavy atom. The van der Waals surface area contributed by atoms with Crippen molar-refractivity contribution in [2.75, 3.05) is 36.1 Å². The molecule has 0 aliphatic carbocycles. The van der Waals surface area contributed by atoms with Crippen LogP contribution in [0, 0.1) is 0 Å². The molecule has 0 saturated carbocycles. The van der Waals surface area contributed by atoms with E-state index in [4.69, 9.17) is 4.74 Å². The fourth-order valence-electron chi connectivity index (χ4n) is 3.54. The quantitative estimate of drug-likeness (QED) is 0.633. The summed E-state index contributed by atoms with van der Waals surface area (Å²) in [4.78, 5) is 4.83. The molecule has 3 nitrogen and oxygen atoms in total. The first-order valence-corrected chi connectivity index (χ1v) is 9.64. The molecule has 27 heavy (non-hydrogen) atoms. The van der Waals surface area contributed by atoms with Gasteiger partial charge >= 0.3 is 0 Å². The zero-order valence-electron chi connectivity index (χ0n) is 15.6. The van der Waals surface area contributed by atoms with Crippen molar-refractivity contribution >= 4 is 11.4 Å². The minimum Gasteiger partial charge on any atom is -0.378 e. The summed E-state index contributed by atoms with van der Waals surface area (Å²) in [7, 11) is 0. The van der Waals surface area contributed by atoms with Crippen molar-refractivity contribution in [1.82, 2.24) is 0 Å². The number of anilines is 2. The number of morpholine rings is 1. The highest BCUT2D eigenvalue weighted by Gasteiger charge is 2.13. The second kappa shape index (κ2) is 8.74. The van der Waals surface area contributed by atoms with E-state index in [9.17, 15) is 0 Å². The van der Waals surface area contributed by atoms with Crippen LogP contribution in [0.4, 0.5) is 11.4 Å². The molecule has 1 aliphatic heterocycles. The molecule has 0 amide bonds. The zero-order valence-corrected chi connectivity index (χ0v) is 15.6. The molecule has 138 valence electrons. The van der Waals surface area contributed by atoms with Crippen LogP contribution in [0.5, 0.6) is 0 Å². The van der Waals surface area contributed by atoms with Crippen LogP contribution in [0.3, 0.4) is 0 Å². The van der Waals surface area contributed by atoms with Gasteiger partial charge in [0.25, 0.3) is 0 Å². The van der Waals surface area contributed by atoms with E-state index in [0.717, 1.165) is 39.4 Å². The molecule has 1 aliphatic rings. The summed E-state index contributed by atoms with van der Waals surface area (Å²) in [5.74, 6) is 0. The Morgan fingerprint density at radius 2 is 1.19 bits per heavy atom. The summed E-state index contributed by atoms with van der Waals surface area (Å²) in [6, 6.07) is 30.3. The van der Waals surface area contributed by atoms with Crippen LogP contribution in [-0.2, 0) is 17.8 Å². The van der Waals surface area contributed by atoms with Crippen LogP contribution in [0.25, 0.3) is 0 Å². The highest BCUT2D eigenvalue weighted by Crippen LogP contribution is 2.24. The van der Waals surface area contributed by atoms with Gasteiger partial charge in [-0.3, -0.25) is 0 Å². The molecular weight excluding hydrogens is 332 g/mol. The third-order valence-electron chi connectivity index (χ3n) is 5.02. The van der Waals surface area contributed by atoms with Gasteiger partial charge in [-0.2, -0.15) is 0 Å². The standard InChI is InChI=1S/C24H26N2O/c1-3-7-21(8-4-1)19-26(20-22-9-5-2-6-10-22)24-13-11-23(12-14-24)25-15-17-27-18-16-25/h1-14H,15-20H2. The molecule has 3 aromatic rings. The molecule has 1 heterocycles. The summed E-state index contributed by atoms with van der Waals surface area (Å²) >= 11 is 0. The van der Waals surface area contributed by atoms with E-state index in [1.54, 1.807) is 0 Å². The van der Waals surface area contributed by atoms with Crippen molar-refractivity contribution in [2.45, 2.75) is 13.1 Å². The highest BCUT2D eigenvalue weighted by molar-refractivity contribution is 5.57. The third-order valence-corrected chi connectivity index (χ3v) is 5.02. The summed E-state index contributed by atoms with van der Waals surface area (Å²) in [6.07, 6.45) is 0. The Morgan fingerprint density at radius 1 is 0.667 bits per heavy atom. The van der Waals surface area contributed by atoms with Gasteiger partial charge in [-0.15, -0.1) is 0 Å². The second-order valence-corrected chi connectivity index (χ2v) is 6.94. The maximum absolute atomic E-state index is 5.47. The average Bonchev–Trinajstić information content (AvgIpc) is 2.76. The Labute approximate surface area is 161 Å². The van der Waals surface area contributed by atoms with Crippen molar-refractivity contribution in [1.29, 1.82) is 0 Å². The van der Waals surface area contributed by atoms with Crippen molar-refractivity contribution in [3.8, 4) is 0 Å². The van der Waals surface area contributed by atoms with E-state index < -0.39 is 0 Å². The topological polar surface area (TPSA) is 15.7 Å². The monoisotopic (exact) mass is 358 g/mol. The highest BCUT2D eigenvalue weighted by atomic mass is 16.5. The number of rotatable bonds is 6. The molecule has 0 N–H and O–H groups in total. The lowest BCUT2D eigenvalue weighted by molar-refractivity contribution is 0.122. The molecule has 3 heteroatoms. The number of ether oxygens (including phenoxy) is 1. The van der Waals surface area contributed by atoms with Gasteiger partial charge < -0.3 is 14.5 Å². The van der Waals surface area contributed by atoms with E-state index in [-0.39, 0.29) is 0 Å². The molecule has 0 spiro atoms. The van der Waals surface area contributed by atoms with E-state index >= 15 is 0 Å². The minimum atomic E-state index is 0.815. The SMILES string of the molecule is c1ccc(CN(Cc2ccccc2)c2ccc(N3CCOCC3)cc2)cc1. The third kappa shape index (κ3) is 4.69. The van der Waals surface area contributed by atoms with E-state index in [1.165, 1.54) is 22.5 Å². The van der Waals surface area contributed by atoms with Crippen molar-refractivity contribution < 1.29 is 4.74 Å². The van der Waals surface area contributed by atoms with Crippen LogP contribution in [-0.4, -0.2) is 26.3 Å². The molecule has 1 fully saturated rings. The van der Waals surface area contributed by atoms with Crippen molar-refractivity contribution in [3.63, 3.8) is 0 Å². The fraction of sp³-hybridized carbons (Fsp3) is 0.250. The van der Waals surface area contributed by atoms with Crippen molar-refractivity contribution in [3.05, 3.63) is 96.1 Å². The first-order chi connectivity index (χ1) is 13.4. The van der Waals surface area contributed by atoms with Gasteiger partial charge in [0.2, 0.25) is 0 Å². The van der Waals surface area contributed by atoms with Crippen LogP contribution in [0.15, 0.2) is 84.9 Å². The number of benzene rings is 3. The molecule has 0 bridgehead atoms. The first-order valence-electron chi connectivity index (χ1n) is 9.64. The fourth-order valence-corrected chi connectivity index (χ4v) is 3.54. The van der Waals surface area contributed by atoms with E-state index in [2.05, 4.69) is 94.7 Å². The summed E-state index contributed by atoms with van der Waals surface area (Å²) in [6.45, 7) is 5.36. The van der Waals surface area contributed by atoms with Gasteiger partial charge in [-0.05, 0) is 35.4 Å². The molecule has 3 aromatic carbocycles. The summed E-state index contributed by atoms with van der Waals surface area (Å²) < 4.78 is 5.47. The lowest BCUT2D eigenvalue weighted by atomic mass is 10.1. The van der Waals surface area contributed by atoms with Gasteiger partial charge in [0.1, 0.15) is 0 Å². The van der Waals surface area contributed by atoms with Crippen LogP contribution in [0.2, 0.25) is 0 Å². The molecular formula is C24H26N2O. The van der Waals surface area contributed by atoms with Crippen LogP contribution >= 0.6 is 0 Å². The predicted molar refractivity (Wildman–Crippen MR) is 112 cm³/mol. The van der Waals surface area contributed by atoms with Crippen LogP contribution < -0.4 is 9.80 Å². The summed E-state index contributed by atoms with van der Waals surface area (Å²) in [5.41, 5.74) is 5.18. The number of hydrogen-bond acceptors (Lipinski definition) is 3. The second-order valence-electron chi connectivity index (χ2n) is 6.94. The smallest absolute Gasteiger partial charge is 0.0642 e. The number of hydrogen-bond donors (Lipinski definition) is 0. The van der Waals surface area contributed by atoms with Gasteiger partial charge in [-0.1, -0.05) is 60.7 Å². The Hall–Kier alpha value is -2.78. The maximum Gasteiger partial charge on any atom is 0.0642 e. The van der Waals surface area contributed by atoms with Gasteiger partial charge in [0, 0.05) is 37.6 Å². The van der Waals surface area contributed by atoms with Gasteiger partial charge in [0.05, 0.1) is 13.2 Å². The van der Waals surface area contributed by atoms with E-state index in [1.807, 2.05) is 0 Å². The Bertz CT molecular complexity index is 771. The van der Waals surface area contributed by atoms with Gasteiger partial charge in [0.15, 0.2) is 0 Å². The largest absolute Gasteiger partial charge is 0.378 e. The van der Waals surface area contributed by atoms with Crippen molar-refractivity contribution in [2.24, 2.45) is 0 Å². The summed E-state index contributed by atoms with van der Waals surface area (Å²) in [5, 5.41) is 0. The molecule has 1 saturated heterocycles.